The molecule has 0 aromatic heterocycles. The van der Waals surface area contributed by atoms with Gasteiger partial charge in [-0.15, -0.1) is 6.58 Å². The summed E-state index contributed by atoms with van der Waals surface area (Å²) < 4.78 is 144. The molecule has 0 saturated heterocycles. The summed E-state index contributed by atoms with van der Waals surface area (Å²) in [5.41, 5.74) is -14.4. The first-order chi connectivity index (χ1) is 15.5. The van der Waals surface area contributed by atoms with Crippen LogP contribution in [0, 0.1) is 0 Å². The zero-order valence-corrected chi connectivity index (χ0v) is 18.3. The minimum Gasteiger partial charge on any atom is -0.454 e. The number of fused-ring (bicyclic) bond motifs is 1. The first-order valence-corrected chi connectivity index (χ1v) is 11.8. The molecule has 34 heavy (non-hydrogen) atoms. The highest BCUT2D eigenvalue weighted by atomic mass is 32.2. The molecule has 1 aliphatic carbocycles. The highest BCUT2D eigenvalue weighted by Crippen LogP contribution is 2.51. The Bertz CT molecular complexity index is 1200. The van der Waals surface area contributed by atoms with Crippen LogP contribution in [0.15, 0.2) is 54.5 Å². The first kappa shape index (κ1) is 25.7. The first-order valence-electron chi connectivity index (χ1n) is 8.99. The van der Waals surface area contributed by atoms with E-state index in [0.29, 0.717) is 0 Å². The minimum atomic E-state index is -6.31. The van der Waals surface area contributed by atoms with Crippen LogP contribution in [0.1, 0.15) is 18.4 Å². The lowest BCUT2D eigenvalue weighted by molar-refractivity contribution is -0.0539. The second-order valence-corrected chi connectivity index (χ2v) is 9.88. The quantitative estimate of drug-likeness (QED) is 0.222. The summed E-state index contributed by atoms with van der Waals surface area (Å²) in [6.45, 7) is 3.14. The van der Waals surface area contributed by atoms with Gasteiger partial charge >= 0.3 is 31.3 Å². The standard InChI is InChI=1S/C18H14F6O8S2/c1-2-8-16(11-6-7-12-13(9-11)30-10-29-12)14(31-33(25,26)17(19,20)21)4-3-5-15(16)32-34(27,28)18(22,23)24/h2,4-7,9H,1,3,8,10H2. The van der Waals surface area contributed by atoms with Crippen molar-refractivity contribution in [1.29, 1.82) is 0 Å². The van der Waals surface area contributed by atoms with E-state index in [-0.39, 0.29) is 23.9 Å². The number of ether oxygens (including phenoxy) is 2. The Balaban J connectivity index is 2.25. The Morgan fingerprint density at radius 1 is 0.912 bits per heavy atom. The van der Waals surface area contributed by atoms with Gasteiger partial charge in [0, 0.05) is 0 Å². The number of alkyl halides is 6. The van der Waals surface area contributed by atoms with Gasteiger partial charge in [-0.05, 0) is 42.7 Å². The Hall–Kier alpha value is -2.88. The largest absolute Gasteiger partial charge is 0.534 e. The van der Waals surface area contributed by atoms with Gasteiger partial charge in [0.25, 0.3) is 0 Å². The predicted molar refractivity (Wildman–Crippen MR) is 102 cm³/mol. The molecule has 1 aliphatic heterocycles. The molecule has 0 amide bonds. The Morgan fingerprint density at radius 3 is 1.88 bits per heavy atom. The van der Waals surface area contributed by atoms with Gasteiger partial charge in [-0.1, -0.05) is 12.1 Å². The van der Waals surface area contributed by atoms with Gasteiger partial charge in [-0.2, -0.15) is 43.2 Å². The summed E-state index contributed by atoms with van der Waals surface area (Å²) in [6, 6.07) is 3.51. The predicted octanol–water partition coefficient (Wildman–Crippen LogP) is 4.13. The molecule has 2 aliphatic rings. The van der Waals surface area contributed by atoms with Crippen molar-refractivity contribution in [1.82, 2.24) is 0 Å². The molecule has 0 N–H and O–H groups in total. The highest BCUT2D eigenvalue weighted by molar-refractivity contribution is 7.88. The van der Waals surface area contributed by atoms with Crippen LogP contribution in [0.2, 0.25) is 0 Å². The van der Waals surface area contributed by atoms with E-state index < -0.39 is 61.0 Å². The number of hydrogen-bond donors (Lipinski definition) is 0. The van der Waals surface area contributed by atoms with Crippen LogP contribution < -0.4 is 9.47 Å². The molecular weight excluding hydrogens is 522 g/mol. The Morgan fingerprint density at radius 2 is 1.41 bits per heavy atom. The van der Waals surface area contributed by atoms with E-state index in [4.69, 9.17) is 9.47 Å². The van der Waals surface area contributed by atoms with Crippen molar-refractivity contribution in [2.75, 3.05) is 6.79 Å². The summed E-state index contributed by atoms with van der Waals surface area (Å²) in [7, 11) is -12.6. The number of halogens is 6. The lowest BCUT2D eigenvalue weighted by atomic mass is 9.71. The second-order valence-electron chi connectivity index (χ2n) is 6.81. The van der Waals surface area contributed by atoms with Gasteiger partial charge in [-0.25, -0.2) is 0 Å². The van der Waals surface area contributed by atoms with Crippen LogP contribution in [0.3, 0.4) is 0 Å². The number of hydrogen-bond acceptors (Lipinski definition) is 8. The van der Waals surface area contributed by atoms with Crippen LogP contribution in [0.4, 0.5) is 26.3 Å². The molecule has 0 radical (unpaired) electrons. The minimum absolute atomic E-state index is 0.00238. The SMILES string of the molecule is C=CCC1(c2ccc3c(c2)OCO3)C(OS(=O)(=O)C(F)(F)F)=CCC=C1OS(=O)(=O)C(F)(F)F. The van der Waals surface area contributed by atoms with Crippen molar-refractivity contribution in [2.24, 2.45) is 0 Å². The topological polar surface area (TPSA) is 105 Å². The lowest BCUT2D eigenvalue weighted by Crippen LogP contribution is -2.40. The fourth-order valence-electron chi connectivity index (χ4n) is 3.27. The molecule has 16 heteroatoms. The van der Waals surface area contributed by atoms with E-state index in [1.807, 2.05) is 0 Å². The second kappa shape index (κ2) is 8.41. The van der Waals surface area contributed by atoms with Crippen molar-refractivity contribution in [2.45, 2.75) is 29.3 Å². The van der Waals surface area contributed by atoms with E-state index in [2.05, 4.69) is 14.9 Å². The third-order valence-electron chi connectivity index (χ3n) is 4.73. The van der Waals surface area contributed by atoms with Crippen molar-refractivity contribution in [3.8, 4) is 11.5 Å². The van der Waals surface area contributed by atoms with Gasteiger partial charge in [-0.3, -0.25) is 0 Å². The molecule has 0 unspecified atom stereocenters. The monoisotopic (exact) mass is 536 g/mol. The fraction of sp³-hybridized carbons (Fsp3) is 0.333. The maximum atomic E-state index is 13.0. The highest BCUT2D eigenvalue weighted by Gasteiger charge is 2.56. The summed E-state index contributed by atoms with van der Waals surface area (Å²) in [6.07, 6.45) is 1.53. The maximum Gasteiger partial charge on any atom is 0.534 e. The van der Waals surface area contributed by atoms with Crippen molar-refractivity contribution in [3.63, 3.8) is 0 Å². The summed E-state index contributed by atoms with van der Waals surface area (Å²) in [5, 5.41) is 0. The number of benzene rings is 1. The third-order valence-corrected chi connectivity index (χ3v) is 6.66. The van der Waals surface area contributed by atoms with Gasteiger partial charge in [0.1, 0.15) is 16.9 Å². The number of rotatable bonds is 7. The molecule has 0 spiro atoms. The van der Waals surface area contributed by atoms with Crippen LogP contribution in [0.5, 0.6) is 11.5 Å². The molecule has 8 nitrogen and oxygen atoms in total. The third kappa shape index (κ3) is 4.43. The maximum absolute atomic E-state index is 13.0. The van der Waals surface area contributed by atoms with E-state index in [1.54, 1.807) is 0 Å². The average Bonchev–Trinajstić information content (AvgIpc) is 3.16. The van der Waals surface area contributed by atoms with Crippen molar-refractivity contribution >= 4 is 20.2 Å². The van der Waals surface area contributed by atoms with E-state index >= 15 is 0 Å². The van der Waals surface area contributed by atoms with Crippen molar-refractivity contribution in [3.05, 3.63) is 60.1 Å². The number of allylic oxidation sites excluding steroid dienone is 3. The van der Waals surface area contributed by atoms with E-state index in [0.717, 1.165) is 30.4 Å². The Kier molecular flexibility index (Phi) is 6.36. The van der Waals surface area contributed by atoms with Gasteiger partial charge in [0.2, 0.25) is 6.79 Å². The van der Waals surface area contributed by atoms with E-state index in [1.165, 1.54) is 6.07 Å². The molecule has 0 bridgehead atoms. The van der Waals surface area contributed by atoms with Crippen LogP contribution in [-0.2, 0) is 34.0 Å². The van der Waals surface area contributed by atoms with Crippen LogP contribution >= 0.6 is 0 Å². The summed E-state index contributed by atoms with van der Waals surface area (Å²) >= 11 is 0. The van der Waals surface area contributed by atoms with Crippen LogP contribution in [-0.4, -0.2) is 34.6 Å². The van der Waals surface area contributed by atoms with Crippen molar-refractivity contribution < 1.29 is 61.0 Å². The lowest BCUT2D eigenvalue weighted by Gasteiger charge is -2.38. The average molecular weight is 536 g/mol. The smallest absolute Gasteiger partial charge is 0.454 e. The summed E-state index contributed by atoms with van der Waals surface area (Å²) in [4.78, 5) is 0. The zero-order valence-electron chi connectivity index (χ0n) is 16.6. The Labute approximate surface area is 189 Å². The van der Waals surface area contributed by atoms with Gasteiger partial charge in [0.15, 0.2) is 11.5 Å². The molecule has 0 fully saturated rings. The van der Waals surface area contributed by atoms with Gasteiger partial charge < -0.3 is 17.8 Å². The molecule has 1 aromatic carbocycles. The zero-order chi connectivity index (χ0) is 25.6. The molecule has 1 heterocycles. The molecule has 1 aromatic rings. The molecule has 0 saturated carbocycles. The fourth-order valence-corrected chi connectivity index (χ4v) is 4.35. The van der Waals surface area contributed by atoms with Crippen LogP contribution in [0.25, 0.3) is 0 Å². The van der Waals surface area contributed by atoms with E-state index in [9.17, 15) is 43.2 Å². The molecular formula is C18H14F6O8S2. The molecule has 0 atom stereocenters. The van der Waals surface area contributed by atoms with Gasteiger partial charge in [0.05, 0.1) is 0 Å². The summed E-state index contributed by atoms with van der Waals surface area (Å²) in [5.74, 6) is -1.92. The molecule has 3 rings (SSSR count). The molecule has 188 valence electrons. The normalized spacial score (nSPS) is 18.1.